The van der Waals surface area contributed by atoms with Gasteiger partial charge >= 0.3 is 12.1 Å². The van der Waals surface area contributed by atoms with E-state index >= 15 is 0 Å². The van der Waals surface area contributed by atoms with Crippen molar-refractivity contribution >= 4 is 46.1 Å². The number of alkyl halides is 3. The van der Waals surface area contributed by atoms with Gasteiger partial charge in [0.05, 0.1) is 17.8 Å². The van der Waals surface area contributed by atoms with Gasteiger partial charge in [-0.05, 0) is 42.5 Å². The second-order valence-electron chi connectivity index (χ2n) is 11.0. The highest BCUT2D eigenvalue weighted by molar-refractivity contribution is 8.00. The fourth-order valence-electron chi connectivity index (χ4n) is 5.56. The number of benzene rings is 2. The number of H-pyrrole nitrogens is 1. The van der Waals surface area contributed by atoms with Gasteiger partial charge < -0.3 is 20.0 Å². The van der Waals surface area contributed by atoms with Crippen LogP contribution < -0.4 is 10.2 Å². The van der Waals surface area contributed by atoms with Gasteiger partial charge in [0, 0.05) is 54.6 Å². The minimum absolute atomic E-state index is 0.0742. The lowest BCUT2D eigenvalue weighted by molar-refractivity contribution is -0.235. The van der Waals surface area contributed by atoms with Crippen LogP contribution in [0.3, 0.4) is 0 Å². The van der Waals surface area contributed by atoms with Crippen molar-refractivity contribution in [3.05, 3.63) is 77.6 Å². The molecule has 0 spiro atoms. The third-order valence-corrected chi connectivity index (χ3v) is 9.57. The molecular formula is C31H32F3N5O4S. The van der Waals surface area contributed by atoms with Crippen LogP contribution in [0.2, 0.25) is 0 Å². The van der Waals surface area contributed by atoms with E-state index in [-0.39, 0.29) is 48.4 Å². The Bertz CT molecular complexity index is 1540. The van der Waals surface area contributed by atoms with Crippen LogP contribution in [0.5, 0.6) is 0 Å². The molecule has 1 fully saturated rings. The van der Waals surface area contributed by atoms with Crippen molar-refractivity contribution in [2.75, 3.05) is 24.5 Å². The van der Waals surface area contributed by atoms with E-state index in [0.29, 0.717) is 18.8 Å². The van der Waals surface area contributed by atoms with Gasteiger partial charge in [-0.2, -0.15) is 18.2 Å². The third-order valence-electron chi connectivity index (χ3n) is 8.06. The summed E-state index contributed by atoms with van der Waals surface area (Å²) in [6.45, 7) is 1.02. The molecule has 0 bridgehead atoms. The molecule has 0 radical (unpaired) electrons. The zero-order chi connectivity index (χ0) is 30.8. The topological polar surface area (TPSA) is 98.0 Å². The Morgan fingerprint density at radius 2 is 1.82 bits per heavy atom. The van der Waals surface area contributed by atoms with E-state index < -0.39 is 23.6 Å². The number of hydrogen-bond donors (Lipinski definition) is 2. The number of anilines is 1. The molecule has 1 aromatic heterocycles. The number of hydroxylamine groups is 2. The van der Waals surface area contributed by atoms with Crippen molar-refractivity contribution in [1.29, 1.82) is 0 Å². The van der Waals surface area contributed by atoms with Crippen LogP contribution in [-0.2, 0) is 25.8 Å². The van der Waals surface area contributed by atoms with E-state index in [9.17, 15) is 27.6 Å². The summed E-state index contributed by atoms with van der Waals surface area (Å²) >= 11 is 1.31. The van der Waals surface area contributed by atoms with Gasteiger partial charge in [0.15, 0.2) is 5.50 Å². The second-order valence-corrected chi connectivity index (χ2v) is 12.4. The van der Waals surface area contributed by atoms with Crippen LogP contribution in [0, 0.1) is 0 Å². The number of aromatic amines is 1. The first-order valence-corrected chi connectivity index (χ1v) is 15.5. The number of rotatable bonds is 9. The number of carbonyl (C=O) groups excluding carboxylic acids is 3. The van der Waals surface area contributed by atoms with Crippen molar-refractivity contribution in [3.8, 4) is 0 Å². The predicted molar refractivity (Wildman–Crippen MR) is 160 cm³/mol. The number of nitrogens with zero attached hydrogens (tertiary/aromatic N) is 3. The number of amides is 2. The number of nitrogens with one attached hydrogen (secondary N) is 2. The van der Waals surface area contributed by atoms with Crippen LogP contribution in [0.15, 0.2) is 71.9 Å². The molecule has 1 atom stereocenters. The molecule has 0 saturated heterocycles. The molecule has 3 aliphatic rings. The number of halogens is 3. The van der Waals surface area contributed by atoms with Crippen LogP contribution in [-0.4, -0.2) is 69.3 Å². The minimum Gasteiger partial charge on any atom is -0.357 e. The zero-order valence-electron chi connectivity index (χ0n) is 23.8. The smallest absolute Gasteiger partial charge is 0.357 e. The summed E-state index contributed by atoms with van der Waals surface area (Å²) in [4.78, 5) is 50.7. The first kappa shape index (κ1) is 30.1. The molecule has 13 heteroatoms. The summed E-state index contributed by atoms with van der Waals surface area (Å²) < 4.78 is 40.2. The molecule has 2 aromatic carbocycles. The molecular weight excluding hydrogens is 595 g/mol. The highest BCUT2D eigenvalue weighted by atomic mass is 32.2. The lowest BCUT2D eigenvalue weighted by Crippen LogP contribution is -2.59. The van der Waals surface area contributed by atoms with Crippen molar-refractivity contribution in [1.82, 2.24) is 20.3 Å². The minimum atomic E-state index is -5.22. The number of hydrogen-bond acceptors (Lipinski definition) is 7. The summed E-state index contributed by atoms with van der Waals surface area (Å²) in [5.41, 5.74) is 1.80. The largest absolute Gasteiger partial charge is 0.493 e. The lowest BCUT2D eigenvalue weighted by atomic mass is 10.00. The SMILES string of the molecule is O=C(CCNCc1cc2ccccc2[nH]1)N1CCC2=C(C1)C(=O)N(c1ccccc1)C(SC1CCC1)N2OC(=O)C(F)(F)F. The highest BCUT2D eigenvalue weighted by Gasteiger charge is 2.50. The Morgan fingerprint density at radius 1 is 1.07 bits per heavy atom. The molecule has 1 unspecified atom stereocenters. The summed E-state index contributed by atoms with van der Waals surface area (Å²) in [7, 11) is 0. The molecule has 44 heavy (non-hydrogen) atoms. The second kappa shape index (κ2) is 12.6. The van der Waals surface area contributed by atoms with E-state index in [4.69, 9.17) is 4.84 Å². The molecule has 3 heterocycles. The quantitative estimate of drug-likeness (QED) is 0.320. The standard InChI is InChI=1S/C31H32F3N5O4S/c32-31(33,34)29(42)43-39-26-14-16-37(27(40)13-15-35-18-21-17-20-7-4-5-12-25(20)36-21)19-24(26)28(41)38(22-8-2-1-3-9-22)30(39)44-23-10-6-11-23/h1-5,7-9,12,17,23,30,35-36H,6,10-11,13-16,18-19H2. The Labute approximate surface area is 256 Å². The normalized spacial score (nSPS) is 19.3. The summed E-state index contributed by atoms with van der Waals surface area (Å²) in [5.74, 6) is -2.97. The number of aromatic nitrogens is 1. The summed E-state index contributed by atoms with van der Waals surface area (Å²) in [6, 6.07) is 18.6. The van der Waals surface area contributed by atoms with E-state index in [1.165, 1.54) is 21.6 Å². The Hall–Kier alpha value is -3.97. The zero-order valence-corrected chi connectivity index (χ0v) is 24.6. The Kier molecular flexibility index (Phi) is 8.59. The van der Waals surface area contributed by atoms with E-state index in [1.54, 1.807) is 30.3 Å². The van der Waals surface area contributed by atoms with E-state index in [1.807, 2.05) is 30.3 Å². The fourth-order valence-corrected chi connectivity index (χ4v) is 7.13. The predicted octanol–water partition coefficient (Wildman–Crippen LogP) is 5.07. The molecule has 9 nitrogen and oxygen atoms in total. The van der Waals surface area contributed by atoms with Crippen molar-refractivity contribution in [2.45, 2.75) is 55.6 Å². The van der Waals surface area contributed by atoms with E-state index in [0.717, 1.165) is 40.9 Å². The van der Waals surface area contributed by atoms with Gasteiger partial charge in [-0.25, -0.2) is 4.79 Å². The van der Waals surface area contributed by atoms with Crippen LogP contribution in [0.1, 0.15) is 37.8 Å². The monoisotopic (exact) mass is 627 g/mol. The number of para-hydroxylation sites is 2. The fraction of sp³-hybridized carbons (Fsp3) is 0.387. The molecule has 2 amide bonds. The molecule has 6 rings (SSSR count). The van der Waals surface area contributed by atoms with Crippen molar-refractivity contribution < 1.29 is 32.4 Å². The maximum absolute atomic E-state index is 14.1. The van der Waals surface area contributed by atoms with Gasteiger partial charge in [0.25, 0.3) is 5.91 Å². The summed E-state index contributed by atoms with van der Waals surface area (Å²) in [6.07, 6.45) is -2.30. The molecule has 2 N–H and O–H groups in total. The van der Waals surface area contributed by atoms with Gasteiger partial charge in [0.2, 0.25) is 5.91 Å². The van der Waals surface area contributed by atoms with Crippen LogP contribution in [0.4, 0.5) is 18.9 Å². The number of carbonyl (C=O) groups is 3. The summed E-state index contributed by atoms with van der Waals surface area (Å²) in [5, 5.41) is 5.43. The number of fused-ring (bicyclic) bond motifs is 1. The van der Waals surface area contributed by atoms with Gasteiger partial charge in [-0.15, -0.1) is 11.8 Å². The highest BCUT2D eigenvalue weighted by Crippen LogP contribution is 2.44. The average molecular weight is 628 g/mol. The van der Waals surface area contributed by atoms with Crippen molar-refractivity contribution in [2.24, 2.45) is 0 Å². The maximum atomic E-state index is 14.1. The van der Waals surface area contributed by atoms with Gasteiger partial charge in [-0.1, -0.05) is 42.8 Å². The van der Waals surface area contributed by atoms with Gasteiger partial charge in [-0.3, -0.25) is 14.5 Å². The average Bonchev–Trinajstić information content (AvgIpc) is 3.41. The molecule has 2 aliphatic heterocycles. The van der Waals surface area contributed by atoms with Gasteiger partial charge in [0.1, 0.15) is 0 Å². The van der Waals surface area contributed by atoms with E-state index in [2.05, 4.69) is 10.3 Å². The first-order valence-electron chi connectivity index (χ1n) is 14.6. The third kappa shape index (κ3) is 6.29. The Morgan fingerprint density at radius 3 is 2.52 bits per heavy atom. The number of thioether (sulfide) groups is 1. The Balaban J connectivity index is 1.19. The molecule has 1 saturated carbocycles. The van der Waals surface area contributed by atoms with Crippen LogP contribution >= 0.6 is 11.8 Å². The molecule has 1 aliphatic carbocycles. The van der Waals surface area contributed by atoms with Crippen molar-refractivity contribution in [3.63, 3.8) is 0 Å². The molecule has 232 valence electrons. The lowest BCUT2D eigenvalue weighted by Gasteiger charge is -2.48. The molecule has 3 aromatic rings. The maximum Gasteiger partial charge on any atom is 0.493 e. The first-order chi connectivity index (χ1) is 21.2. The van der Waals surface area contributed by atoms with Crippen LogP contribution in [0.25, 0.3) is 10.9 Å².